The monoisotopic (exact) mass is 337 g/mol. The van der Waals surface area contributed by atoms with Crippen LogP contribution in [0.2, 0.25) is 0 Å². The van der Waals surface area contributed by atoms with Crippen LogP contribution in [-0.2, 0) is 21.2 Å². The van der Waals surface area contributed by atoms with Crippen LogP contribution in [0.25, 0.3) is 0 Å². The van der Waals surface area contributed by atoms with Gasteiger partial charge < -0.3 is 10.6 Å². The van der Waals surface area contributed by atoms with Crippen LogP contribution in [0, 0.1) is 5.92 Å². The van der Waals surface area contributed by atoms with Gasteiger partial charge in [0, 0.05) is 24.2 Å². The number of benzene rings is 1. The molecule has 23 heavy (non-hydrogen) atoms. The van der Waals surface area contributed by atoms with Crippen molar-refractivity contribution in [3.8, 4) is 0 Å². The maximum atomic E-state index is 12.8. The van der Waals surface area contributed by atoms with E-state index in [2.05, 4.69) is 4.72 Å². The summed E-state index contributed by atoms with van der Waals surface area (Å²) in [6.45, 7) is 0.614. The Kier molecular flexibility index (Phi) is 4.44. The van der Waals surface area contributed by atoms with Crippen molar-refractivity contribution >= 4 is 21.6 Å². The van der Waals surface area contributed by atoms with Gasteiger partial charge in [0.1, 0.15) is 0 Å². The summed E-state index contributed by atoms with van der Waals surface area (Å²) in [5, 5.41) is 0. The van der Waals surface area contributed by atoms with E-state index in [9.17, 15) is 13.2 Å². The van der Waals surface area contributed by atoms with Crippen LogP contribution < -0.4 is 15.4 Å². The van der Waals surface area contributed by atoms with E-state index in [0.29, 0.717) is 6.54 Å². The van der Waals surface area contributed by atoms with E-state index in [1.54, 1.807) is 23.1 Å². The van der Waals surface area contributed by atoms with Crippen molar-refractivity contribution in [2.45, 2.75) is 43.0 Å². The van der Waals surface area contributed by atoms with E-state index in [1.807, 2.05) is 0 Å². The lowest BCUT2D eigenvalue weighted by atomic mass is 9.85. The summed E-state index contributed by atoms with van der Waals surface area (Å²) in [7, 11) is -2.13. The molecule has 126 valence electrons. The van der Waals surface area contributed by atoms with E-state index < -0.39 is 10.0 Å². The zero-order chi connectivity index (χ0) is 16.6. The molecule has 1 aliphatic heterocycles. The Balaban J connectivity index is 1.88. The molecule has 1 aliphatic carbocycles. The van der Waals surface area contributed by atoms with Gasteiger partial charge in [-0.05, 0) is 50.4 Å². The zero-order valence-electron chi connectivity index (χ0n) is 13.3. The van der Waals surface area contributed by atoms with Crippen LogP contribution in [0.3, 0.4) is 0 Å². The Labute approximate surface area is 137 Å². The standard InChI is InChI=1S/C16H23N3O3S/c1-18-23(21,22)14-6-5-11-7-8-19(15(11)10-14)16(20)12-3-2-4-13(17)9-12/h5-6,10,12-13,18H,2-4,7-9,17H2,1H3/t12-,13+/m1/s1. The number of nitrogens with two attached hydrogens (primary N) is 1. The minimum Gasteiger partial charge on any atom is -0.328 e. The van der Waals surface area contributed by atoms with Gasteiger partial charge >= 0.3 is 0 Å². The Hall–Kier alpha value is -1.44. The molecule has 2 atom stereocenters. The van der Waals surface area contributed by atoms with Crippen molar-refractivity contribution in [1.29, 1.82) is 0 Å². The number of amides is 1. The Morgan fingerprint density at radius 3 is 2.83 bits per heavy atom. The van der Waals surface area contributed by atoms with Crippen LogP contribution >= 0.6 is 0 Å². The molecule has 1 fully saturated rings. The number of fused-ring (bicyclic) bond motifs is 1. The topological polar surface area (TPSA) is 92.5 Å². The van der Waals surface area contributed by atoms with E-state index in [0.717, 1.165) is 43.4 Å². The Morgan fingerprint density at radius 2 is 2.13 bits per heavy atom. The maximum Gasteiger partial charge on any atom is 0.240 e. The molecule has 1 aromatic rings. The van der Waals surface area contributed by atoms with Gasteiger partial charge in [-0.3, -0.25) is 4.79 Å². The predicted molar refractivity (Wildman–Crippen MR) is 88.7 cm³/mol. The van der Waals surface area contributed by atoms with Gasteiger partial charge in [-0.2, -0.15) is 0 Å². The molecule has 0 radical (unpaired) electrons. The zero-order valence-corrected chi connectivity index (χ0v) is 14.1. The maximum absolute atomic E-state index is 12.8. The number of carbonyl (C=O) groups is 1. The van der Waals surface area contributed by atoms with E-state index in [1.165, 1.54) is 7.05 Å². The average molecular weight is 337 g/mol. The summed E-state index contributed by atoms with van der Waals surface area (Å²) in [5.74, 6) is 0.0344. The Morgan fingerprint density at radius 1 is 1.35 bits per heavy atom. The molecule has 2 aliphatic rings. The number of nitrogens with one attached hydrogen (secondary N) is 1. The van der Waals surface area contributed by atoms with Gasteiger partial charge in [0.05, 0.1) is 4.90 Å². The second kappa shape index (κ2) is 6.22. The molecule has 0 spiro atoms. The average Bonchev–Trinajstić information content (AvgIpc) is 2.97. The van der Waals surface area contributed by atoms with Crippen molar-refractivity contribution in [3.05, 3.63) is 23.8 Å². The smallest absolute Gasteiger partial charge is 0.240 e. The van der Waals surface area contributed by atoms with Gasteiger partial charge in [0.2, 0.25) is 15.9 Å². The molecule has 0 bridgehead atoms. The summed E-state index contributed by atoms with van der Waals surface area (Å²) in [6.07, 6.45) is 4.31. The second-order valence-corrected chi connectivity index (χ2v) is 8.25. The first-order valence-electron chi connectivity index (χ1n) is 8.06. The van der Waals surface area contributed by atoms with Crippen LogP contribution in [0.5, 0.6) is 0 Å². The Bertz CT molecular complexity index is 717. The molecule has 1 saturated carbocycles. The molecular formula is C16H23N3O3S. The van der Waals surface area contributed by atoms with Crippen molar-refractivity contribution in [3.63, 3.8) is 0 Å². The molecular weight excluding hydrogens is 314 g/mol. The van der Waals surface area contributed by atoms with Gasteiger partial charge in [-0.1, -0.05) is 12.5 Å². The molecule has 6 nitrogen and oxygen atoms in total. The van der Waals surface area contributed by atoms with Gasteiger partial charge in [0.25, 0.3) is 0 Å². The highest BCUT2D eigenvalue weighted by Crippen LogP contribution is 2.34. The van der Waals surface area contributed by atoms with Crippen LogP contribution in [-0.4, -0.2) is 34.0 Å². The highest BCUT2D eigenvalue weighted by molar-refractivity contribution is 7.89. The number of hydrogen-bond acceptors (Lipinski definition) is 4. The van der Waals surface area contributed by atoms with E-state index >= 15 is 0 Å². The second-order valence-electron chi connectivity index (χ2n) is 6.36. The van der Waals surface area contributed by atoms with Crippen molar-refractivity contribution < 1.29 is 13.2 Å². The van der Waals surface area contributed by atoms with E-state index in [-0.39, 0.29) is 22.8 Å². The van der Waals surface area contributed by atoms with Crippen LogP contribution in [0.15, 0.2) is 23.1 Å². The fourth-order valence-corrected chi connectivity index (χ4v) is 4.29. The highest BCUT2D eigenvalue weighted by Gasteiger charge is 2.33. The summed E-state index contributed by atoms with van der Waals surface area (Å²) in [4.78, 5) is 14.8. The van der Waals surface area contributed by atoms with E-state index in [4.69, 9.17) is 5.73 Å². The lowest BCUT2D eigenvalue weighted by Gasteiger charge is -2.29. The number of nitrogens with zero attached hydrogens (tertiary/aromatic N) is 1. The molecule has 0 unspecified atom stereocenters. The van der Waals surface area contributed by atoms with Gasteiger partial charge in [-0.25, -0.2) is 13.1 Å². The SMILES string of the molecule is CNS(=O)(=O)c1ccc2c(c1)N(C(=O)[C@@H]1CCC[C@H](N)C1)CC2. The quantitative estimate of drug-likeness (QED) is 0.861. The first kappa shape index (κ1) is 16.4. The summed E-state index contributed by atoms with van der Waals surface area (Å²) in [5.41, 5.74) is 7.75. The van der Waals surface area contributed by atoms with Crippen LogP contribution in [0.4, 0.5) is 5.69 Å². The third-order valence-corrected chi connectivity index (χ3v) is 6.27. The molecule has 1 heterocycles. The number of hydrogen-bond donors (Lipinski definition) is 2. The first-order chi connectivity index (χ1) is 10.9. The minimum absolute atomic E-state index is 0.0470. The van der Waals surface area contributed by atoms with Gasteiger partial charge in [0.15, 0.2) is 0 Å². The van der Waals surface area contributed by atoms with Gasteiger partial charge in [-0.15, -0.1) is 0 Å². The summed E-state index contributed by atoms with van der Waals surface area (Å²) < 4.78 is 26.3. The summed E-state index contributed by atoms with van der Waals surface area (Å²) in [6, 6.07) is 5.10. The number of sulfonamides is 1. The molecule has 3 rings (SSSR count). The van der Waals surface area contributed by atoms with Crippen molar-refractivity contribution in [2.24, 2.45) is 11.7 Å². The number of carbonyl (C=O) groups excluding carboxylic acids is 1. The molecule has 7 heteroatoms. The molecule has 3 N–H and O–H groups in total. The molecule has 1 amide bonds. The summed E-state index contributed by atoms with van der Waals surface area (Å²) >= 11 is 0. The minimum atomic E-state index is -3.51. The normalized spacial score (nSPS) is 24.5. The van der Waals surface area contributed by atoms with Crippen molar-refractivity contribution in [2.75, 3.05) is 18.5 Å². The lowest BCUT2D eigenvalue weighted by Crippen LogP contribution is -2.40. The lowest BCUT2D eigenvalue weighted by molar-refractivity contribution is -0.123. The third kappa shape index (κ3) is 3.13. The van der Waals surface area contributed by atoms with Crippen molar-refractivity contribution in [1.82, 2.24) is 4.72 Å². The molecule has 0 saturated heterocycles. The largest absolute Gasteiger partial charge is 0.328 e. The molecule has 0 aromatic heterocycles. The number of anilines is 1. The first-order valence-corrected chi connectivity index (χ1v) is 9.54. The van der Waals surface area contributed by atoms with Crippen LogP contribution in [0.1, 0.15) is 31.2 Å². The predicted octanol–water partition coefficient (Wildman–Crippen LogP) is 1.00. The fraction of sp³-hybridized carbons (Fsp3) is 0.562. The highest BCUT2D eigenvalue weighted by atomic mass is 32.2. The molecule has 1 aromatic carbocycles. The fourth-order valence-electron chi connectivity index (χ4n) is 3.55. The third-order valence-electron chi connectivity index (χ3n) is 4.86. The number of rotatable bonds is 3.